The molecule has 1 unspecified atom stereocenters. The summed E-state index contributed by atoms with van der Waals surface area (Å²) in [5, 5.41) is 3.72. The van der Waals surface area contributed by atoms with E-state index >= 15 is 0 Å². The number of rotatable bonds is 6. The second-order valence-electron chi connectivity index (χ2n) is 4.92. The molecule has 2 rings (SSSR count). The fraction of sp³-hybridized carbons (Fsp3) is 0.353. The average Bonchev–Trinajstić information content (AvgIpc) is 2.48. The number of pyridine rings is 1. The van der Waals surface area contributed by atoms with E-state index in [2.05, 4.69) is 66.6 Å². The van der Waals surface area contributed by atoms with Crippen molar-refractivity contribution in [2.24, 2.45) is 0 Å². The van der Waals surface area contributed by atoms with E-state index in [1.54, 1.807) is 0 Å². The van der Waals surface area contributed by atoms with Crippen LogP contribution in [0.15, 0.2) is 54.9 Å². The highest BCUT2D eigenvalue weighted by Crippen LogP contribution is 2.22. The maximum absolute atomic E-state index is 4.07. The lowest BCUT2D eigenvalue weighted by molar-refractivity contribution is 0.439. The van der Waals surface area contributed by atoms with Crippen molar-refractivity contribution < 1.29 is 0 Å². The predicted octanol–water partition coefficient (Wildman–Crippen LogP) is 4.27. The largest absolute Gasteiger partial charge is 0.303 e. The third kappa shape index (κ3) is 3.90. The molecule has 2 heteroatoms. The lowest BCUT2D eigenvalue weighted by Gasteiger charge is -2.23. The molecule has 100 valence electrons. The molecule has 1 aromatic heterocycles. The van der Waals surface area contributed by atoms with Gasteiger partial charge in [0, 0.05) is 24.5 Å². The molecule has 0 amide bonds. The maximum atomic E-state index is 4.07. The molecule has 0 saturated carbocycles. The van der Waals surface area contributed by atoms with Crippen molar-refractivity contribution in [1.29, 1.82) is 0 Å². The van der Waals surface area contributed by atoms with E-state index in [9.17, 15) is 0 Å². The lowest BCUT2D eigenvalue weighted by Crippen LogP contribution is -2.24. The van der Waals surface area contributed by atoms with Gasteiger partial charge in [0.2, 0.25) is 0 Å². The minimum absolute atomic E-state index is 0.333. The maximum Gasteiger partial charge on any atom is 0.0325 e. The van der Waals surface area contributed by atoms with Gasteiger partial charge in [-0.05, 0) is 36.6 Å². The van der Waals surface area contributed by atoms with Gasteiger partial charge in [0.25, 0.3) is 0 Å². The molecule has 0 radical (unpaired) electrons. The number of benzene rings is 1. The van der Waals surface area contributed by atoms with Crippen molar-refractivity contribution in [1.82, 2.24) is 10.3 Å². The van der Waals surface area contributed by atoms with Crippen LogP contribution in [0.25, 0.3) is 0 Å². The molecule has 2 aromatic rings. The Labute approximate surface area is 115 Å². The van der Waals surface area contributed by atoms with Gasteiger partial charge in [-0.15, -0.1) is 0 Å². The van der Waals surface area contributed by atoms with E-state index in [-0.39, 0.29) is 0 Å². The molecule has 0 aliphatic heterocycles. The number of aromatic nitrogens is 1. The fourth-order valence-corrected chi connectivity index (χ4v) is 2.37. The molecule has 0 spiro atoms. The first-order valence-electron chi connectivity index (χ1n) is 7.02. The highest BCUT2D eigenvalue weighted by Gasteiger charge is 2.14. The summed E-state index contributed by atoms with van der Waals surface area (Å²) in [4.78, 5) is 4.07. The Morgan fingerprint density at radius 3 is 2.32 bits per heavy atom. The molecule has 1 N–H and O–H groups in total. The first kappa shape index (κ1) is 13.8. The lowest BCUT2D eigenvalue weighted by atomic mass is 10.00. The molecule has 19 heavy (non-hydrogen) atoms. The van der Waals surface area contributed by atoms with Crippen LogP contribution in [0.4, 0.5) is 0 Å². The summed E-state index contributed by atoms with van der Waals surface area (Å²) in [6, 6.07) is 15.6. The summed E-state index contributed by atoms with van der Waals surface area (Å²) >= 11 is 0. The summed E-state index contributed by atoms with van der Waals surface area (Å²) in [6.07, 6.45) is 6.03. The van der Waals surface area contributed by atoms with E-state index in [1.807, 2.05) is 12.4 Å². The summed E-state index contributed by atoms with van der Waals surface area (Å²) in [5.41, 5.74) is 2.65. The first-order valence-corrected chi connectivity index (χ1v) is 7.02. The van der Waals surface area contributed by atoms with Gasteiger partial charge in [0.15, 0.2) is 0 Å². The van der Waals surface area contributed by atoms with Gasteiger partial charge in [-0.3, -0.25) is 4.98 Å². The molecule has 0 saturated heterocycles. The smallest absolute Gasteiger partial charge is 0.0325 e. The van der Waals surface area contributed by atoms with Crippen LogP contribution in [0.3, 0.4) is 0 Å². The molecule has 2 nitrogen and oxygen atoms in total. The Morgan fingerprint density at radius 1 is 1.00 bits per heavy atom. The Hall–Kier alpha value is -1.67. The van der Waals surface area contributed by atoms with Crippen LogP contribution < -0.4 is 5.32 Å². The predicted molar refractivity (Wildman–Crippen MR) is 79.9 cm³/mol. The molecule has 0 bridgehead atoms. The van der Waals surface area contributed by atoms with Gasteiger partial charge in [-0.25, -0.2) is 0 Å². The van der Waals surface area contributed by atoms with E-state index in [4.69, 9.17) is 0 Å². The minimum atomic E-state index is 0.333. The summed E-state index contributed by atoms with van der Waals surface area (Å²) in [6.45, 7) is 4.44. The summed E-state index contributed by atoms with van der Waals surface area (Å²) in [7, 11) is 0. The van der Waals surface area contributed by atoms with Crippen LogP contribution in [0.5, 0.6) is 0 Å². The zero-order chi connectivity index (χ0) is 13.5. The van der Waals surface area contributed by atoms with Gasteiger partial charge in [-0.1, -0.05) is 43.7 Å². The normalized spacial score (nSPS) is 14.0. The van der Waals surface area contributed by atoms with Crippen LogP contribution in [-0.2, 0) is 0 Å². The van der Waals surface area contributed by atoms with E-state index in [0.29, 0.717) is 12.1 Å². The quantitative estimate of drug-likeness (QED) is 0.832. The van der Waals surface area contributed by atoms with Gasteiger partial charge in [-0.2, -0.15) is 0 Å². The summed E-state index contributed by atoms with van der Waals surface area (Å²) in [5.74, 6) is 0. The molecule has 0 aliphatic carbocycles. The second-order valence-corrected chi connectivity index (χ2v) is 4.92. The third-order valence-electron chi connectivity index (χ3n) is 3.44. The number of hydrogen-bond acceptors (Lipinski definition) is 2. The summed E-state index contributed by atoms with van der Waals surface area (Å²) < 4.78 is 0. The van der Waals surface area contributed by atoms with Crippen LogP contribution in [0.2, 0.25) is 0 Å². The Morgan fingerprint density at radius 2 is 1.68 bits per heavy atom. The topological polar surface area (TPSA) is 24.9 Å². The highest BCUT2D eigenvalue weighted by atomic mass is 14.9. The van der Waals surface area contributed by atoms with Crippen molar-refractivity contribution in [3.05, 3.63) is 66.0 Å². The average molecular weight is 254 g/mol. The van der Waals surface area contributed by atoms with Crippen molar-refractivity contribution in [2.75, 3.05) is 0 Å². The Kier molecular flexibility index (Phi) is 5.10. The van der Waals surface area contributed by atoms with E-state index in [1.165, 1.54) is 17.5 Å². The number of nitrogens with one attached hydrogen (secondary N) is 1. The third-order valence-corrected chi connectivity index (χ3v) is 3.44. The Bertz CT molecular complexity index is 467. The van der Waals surface area contributed by atoms with Crippen LogP contribution in [0.1, 0.15) is 49.9 Å². The standard InChI is InChI=1S/C17H22N2/c1-3-7-17(16-8-5-4-6-9-16)19-14(2)15-10-12-18-13-11-15/h4-6,8-14,17,19H,3,7H2,1-2H3/t14-,17?/m0/s1. The van der Waals surface area contributed by atoms with E-state index in [0.717, 1.165) is 6.42 Å². The minimum Gasteiger partial charge on any atom is -0.303 e. The van der Waals surface area contributed by atoms with Crippen molar-refractivity contribution in [2.45, 2.75) is 38.8 Å². The highest BCUT2D eigenvalue weighted by molar-refractivity contribution is 5.20. The molecular weight excluding hydrogens is 232 g/mol. The van der Waals surface area contributed by atoms with Crippen molar-refractivity contribution in [3.8, 4) is 0 Å². The van der Waals surface area contributed by atoms with E-state index < -0.39 is 0 Å². The molecule has 0 fully saturated rings. The van der Waals surface area contributed by atoms with Gasteiger partial charge >= 0.3 is 0 Å². The number of nitrogens with zero attached hydrogens (tertiary/aromatic N) is 1. The molecule has 2 atom stereocenters. The molecule has 1 heterocycles. The van der Waals surface area contributed by atoms with Crippen LogP contribution >= 0.6 is 0 Å². The van der Waals surface area contributed by atoms with Gasteiger partial charge < -0.3 is 5.32 Å². The molecule has 1 aromatic carbocycles. The van der Waals surface area contributed by atoms with Crippen LogP contribution in [-0.4, -0.2) is 4.98 Å². The number of hydrogen-bond donors (Lipinski definition) is 1. The monoisotopic (exact) mass is 254 g/mol. The molecular formula is C17H22N2. The second kappa shape index (κ2) is 7.05. The van der Waals surface area contributed by atoms with Crippen molar-refractivity contribution in [3.63, 3.8) is 0 Å². The first-order chi connectivity index (χ1) is 9.31. The Balaban J connectivity index is 2.09. The van der Waals surface area contributed by atoms with Crippen molar-refractivity contribution >= 4 is 0 Å². The zero-order valence-electron chi connectivity index (χ0n) is 11.7. The van der Waals surface area contributed by atoms with Crippen LogP contribution in [0, 0.1) is 0 Å². The zero-order valence-corrected chi connectivity index (χ0v) is 11.7. The SMILES string of the molecule is CCCC(N[C@@H](C)c1ccncc1)c1ccccc1. The van der Waals surface area contributed by atoms with Gasteiger partial charge in [0.1, 0.15) is 0 Å². The fourth-order valence-electron chi connectivity index (χ4n) is 2.37. The van der Waals surface area contributed by atoms with Gasteiger partial charge in [0.05, 0.1) is 0 Å². The molecule has 0 aliphatic rings.